The molecule has 0 aliphatic carbocycles. The van der Waals surface area contributed by atoms with Crippen LogP contribution in [0.25, 0.3) is 0 Å². The van der Waals surface area contributed by atoms with E-state index in [1.807, 2.05) is 0 Å². The van der Waals surface area contributed by atoms with Crippen molar-refractivity contribution in [3.63, 3.8) is 0 Å². The van der Waals surface area contributed by atoms with Crippen molar-refractivity contribution in [1.82, 2.24) is 13.8 Å². The number of halogens is 2. The Morgan fingerprint density at radius 2 is 1.85 bits per heavy atom. The van der Waals surface area contributed by atoms with Crippen LogP contribution < -0.4 is 0 Å². The molecule has 148 valence electrons. The molecular weight excluding hydrogens is 437 g/mol. The van der Waals surface area contributed by atoms with E-state index < -0.39 is 21.7 Å². The number of nitrogens with zero attached hydrogens (tertiary/aromatic N) is 3. The SMILES string of the molecule is CCN(CC)S(=O)(=O)c1cc(C(=O)N(C)Cc2cc(Br)ccc2F)n(C)c1. The molecule has 0 aliphatic heterocycles. The molecule has 0 radical (unpaired) electrons. The molecule has 0 bridgehead atoms. The number of benzene rings is 1. The Morgan fingerprint density at radius 1 is 1.22 bits per heavy atom. The first-order chi connectivity index (χ1) is 12.6. The molecule has 0 saturated heterocycles. The summed E-state index contributed by atoms with van der Waals surface area (Å²) in [6.07, 6.45) is 1.43. The molecule has 1 aromatic heterocycles. The fourth-order valence-electron chi connectivity index (χ4n) is 2.79. The van der Waals surface area contributed by atoms with Gasteiger partial charge in [-0.05, 0) is 24.3 Å². The molecule has 2 aromatic rings. The second-order valence-corrected chi connectivity index (χ2v) is 9.01. The summed E-state index contributed by atoms with van der Waals surface area (Å²) in [5.41, 5.74) is 0.587. The van der Waals surface area contributed by atoms with Gasteiger partial charge in [0.25, 0.3) is 5.91 Å². The van der Waals surface area contributed by atoms with E-state index in [-0.39, 0.29) is 17.1 Å². The molecule has 0 N–H and O–H groups in total. The van der Waals surface area contributed by atoms with Gasteiger partial charge < -0.3 is 9.47 Å². The standard InChI is InChI=1S/C18H23BrFN3O3S/c1-5-23(6-2)27(25,26)15-10-17(21(3)12-15)18(24)22(4)11-13-9-14(19)7-8-16(13)20/h7-10,12H,5-6,11H2,1-4H3. The van der Waals surface area contributed by atoms with Crippen molar-refractivity contribution in [3.8, 4) is 0 Å². The van der Waals surface area contributed by atoms with E-state index >= 15 is 0 Å². The Bertz CT molecular complexity index is 939. The summed E-state index contributed by atoms with van der Waals surface area (Å²) in [6.45, 7) is 4.28. The lowest BCUT2D eigenvalue weighted by Gasteiger charge is -2.18. The molecule has 2 rings (SSSR count). The Balaban J connectivity index is 2.29. The van der Waals surface area contributed by atoms with Crippen molar-refractivity contribution < 1.29 is 17.6 Å². The normalized spacial score (nSPS) is 11.8. The Labute approximate surface area is 167 Å². The number of amides is 1. The molecular formula is C18H23BrFN3O3S. The van der Waals surface area contributed by atoms with Gasteiger partial charge in [-0.2, -0.15) is 4.31 Å². The maximum absolute atomic E-state index is 14.0. The van der Waals surface area contributed by atoms with Crippen LogP contribution in [0.5, 0.6) is 0 Å². The molecule has 0 fully saturated rings. The summed E-state index contributed by atoms with van der Waals surface area (Å²) in [5.74, 6) is -0.799. The van der Waals surface area contributed by atoms with Gasteiger partial charge in [-0.15, -0.1) is 0 Å². The minimum Gasteiger partial charge on any atom is -0.345 e. The minimum atomic E-state index is -3.66. The molecule has 0 unspecified atom stereocenters. The molecule has 1 amide bonds. The van der Waals surface area contributed by atoms with E-state index in [1.165, 1.54) is 32.1 Å². The number of rotatable bonds is 7. The quantitative estimate of drug-likeness (QED) is 0.638. The minimum absolute atomic E-state index is 0.0629. The Kier molecular flexibility index (Phi) is 6.82. The summed E-state index contributed by atoms with van der Waals surface area (Å²) < 4.78 is 42.8. The zero-order chi connectivity index (χ0) is 20.4. The van der Waals surface area contributed by atoms with Crippen LogP contribution in [-0.2, 0) is 23.6 Å². The fourth-order valence-corrected chi connectivity index (χ4v) is 4.73. The van der Waals surface area contributed by atoms with Crippen LogP contribution in [0.3, 0.4) is 0 Å². The van der Waals surface area contributed by atoms with Crippen molar-refractivity contribution in [2.45, 2.75) is 25.3 Å². The van der Waals surface area contributed by atoms with Crippen LogP contribution >= 0.6 is 15.9 Å². The van der Waals surface area contributed by atoms with Gasteiger partial charge in [-0.25, -0.2) is 12.8 Å². The van der Waals surface area contributed by atoms with Crippen LogP contribution in [0.15, 0.2) is 39.8 Å². The highest BCUT2D eigenvalue weighted by Crippen LogP contribution is 2.21. The number of sulfonamides is 1. The second-order valence-electron chi connectivity index (χ2n) is 6.16. The molecule has 1 heterocycles. The Hall–Kier alpha value is -1.71. The van der Waals surface area contributed by atoms with Crippen molar-refractivity contribution in [2.24, 2.45) is 7.05 Å². The highest BCUT2D eigenvalue weighted by molar-refractivity contribution is 9.10. The van der Waals surface area contributed by atoms with Crippen LogP contribution in [-0.4, -0.2) is 48.2 Å². The van der Waals surface area contributed by atoms with Crippen LogP contribution in [0, 0.1) is 5.82 Å². The van der Waals surface area contributed by atoms with Crippen molar-refractivity contribution in [3.05, 3.63) is 52.0 Å². The van der Waals surface area contributed by atoms with Gasteiger partial charge in [-0.3, -0.25) is 4.79 Å². The number of carbonyl (C=O) groups is 1. The number of hydrogen-bond donors (Lipinski definition) is 0. The van der Waals surface area contributed by atoms with E-state index in [2.05, 4.69) is 15.9 Å². The van der Waals surface area contributed by atoms with Crippen LogP contribution in [0.4, 0.5) is 4.39 Å². The largest absolute Gasteiger partial charge is 0.345 e. The first-order valence-electron chi connectivity index (χ1n) is 8.47. The highest BCUT2D eigenvalue weighted by atomic mass is 79.9. The zero-order valence-electron chi connectivity index (χ0n) is 15.7. The van der Waals surface area contributed by atoms with E-state index in [9.17, 15) is 17.6 Å². The first kappa shape index (κ1) is 21.6. The van der Waals surface area contributed by atoms with Gasteiger partial charge in [0.15, 0.2) is 0 Å². The van der Waals surface area contributed by atoms with Gasteiger partial charge in [0.2, 0.25) is 10.0 Å². The lowest BCUT2D eigenvalue weighted by atomic mass is 10.2. The van der Waals surface area contributed by atoms with E-state index in [0.717, 1.165) is 0 Å². The van der Waals surface area contributed by atoms with E-state index in [0.29, 0.717) is 23.1 Å². The van der Waals surface area contributed by atoms with E-state index in [1.54, 1.807) is 40.1 Å². The summed E-state index contributed by atoms with van der Waals surface area (Å²) >= 11 is 3.29. The predicted octanol–water partition coefficient (Wildman–Crippen LogP) is 3.23. The highest BCUT2D eigenvalue weighted by Gasteiger charge is 2.26. The topological polar surface area (TPSA) is 62.6 Å². The van der Waals surface area contributed by atoms with Crippen molar-refractivity contribution in [2.75, 3.05) is 20.1 Å². The number of carbonyl (C=O) groups excluding carboxylic acids is 1. The molecule has 27 heavy (non-hydrogen) atoms. The smallest absolute Gasteiger partial charge is 0.270 e. The molecule has 0 aliphatic rings. The molecule has 6 nitrogen and oxygen atoms in total. The third-order valence-electron chi connectivity index (χ3n) is 4.30. The van der Waals surface area contributed by atoms with Crippen molar-refractivity contribution in [1.29, 1.82) is 0 Å². The van der Waals surface area contributed by atoms with E-state index in [4.69, 9.17) is 0 Å². The Morgan fingerprint density at radius 3 is 2.44 bits per heavy atom. The lowest BCUT2D eigenvalue weighted by molar-refractivity contribution is 0.0774. The van der Waals surface area contributed by atoms with Gasteiger partial charge in [0.05, 0.1) is 0 Å². The second kappa shape index (κ2) is 8.53. The fraction of sp³-hybridized carbons (Fsp3) is 0.389. The van der Waals surface area contributed by atoms with Gasteiger partial charge in [0, 0.05) is 50.0 Å². The summed E-state index contributed by atoms with van der Waals surface area (Å²) in [7, 11) is -0.495. The maximum Gasteiger partial charge on any atom is 0.270 e. The molecule has 0 spiro atoms. The maximum atomic E-state index is 14.0. The third-order valence-corrected chi connectivity index (χ3v) is 6.81. The van der Waals surface area contributed by atoms with Crippen LogP contribution in [0.1, 0.15) is 29.9 Å². The monoisotopic (exact) mass is 459 g/mol. The zero-order valence-corrected chi connectivity index (χ0v) is 18.1. The summed E-state index contributed by atoms with van der Waals surface area (Å²) in [5, 5.41) is 0. The third kappa shape index (κ3) is 4.59. The van der Waals surface area contributed by atoms with Crippen LogP contribution in [0.2, 0.25) is 0 Å². The van der Waals surface area contributed by atoms with Gasteiger partial charge in [-0.1, -0.05) is 29.8 Å². The van der Waals surface area contributed by atoms with Crippen molar-refractivity contribution >= 4 is 31.9 Å². The summed E-state index contributed by atoms with van der Waals surface area (Å²) in [6, 6.07) is 5.89. The number of aromatic nitrogens is 1. The van der Waals surface area contributed by atoms with Gasteiger partial charge >= 0.3 is 0 Å². The predicted molar refractivity (Wildman–Crippen MR) is 105 cm³/mol. The average molecular weight is 460 g/mol. The number of aryl methyl sites for hydroxylation is 1. The molecule has 1 aromatic carbocycles. The average Bonchev–Trinajstić information content (AvgIpc) is 3.00. The molecule has 0 atom stereocenters. The lowest BCUT2D eigenvalue weighted by Crippen LogP contribution is -2.30. The number of hydrogen-bond acceptors (Lipinski definition) is 3. The summed E-state index contributed by atoms with van der Waals surface area (Å²) in [4.78, 5) is 14.2. The first-order valence-corrected chi connectivity index (χ1v) is 10.7. The molecule has 9 heteroatoms. The van der Waals surface area contributed by atoms with Gasteiger partial charge in [0.1, 0.15) is 16.4 Å². The molecule has 0 saturated carbocycles.